The fraction of sp³-hybridized carbons (Fsp3) is 0.946. The highest BCUT2D eigenvalue weighted by atomic mass is 16.7. The van der Waals surface area contributed by atoms with Gasteiger partial charge in [0.1, 0.15) is 6.10 Å². The molecule has 0 aliphatic heterocycles. The Labute approximate surface area is 267 Å². The third kappa shape index (κ3) is 30.5. The van der Waals surface area contributed by atoms with E-state index in [-0.39, 0.29) is 12.1 Å². The molecule has 6 nitrogen and oxygen atoms in total. The second-order valence-electron chi connectivity index (χ2n) is 13.1. The Morgan fingerprint density at radius 1 is 0.558 bits per heavy atom. The van der Waals surface area contributed by atoms with Crippen LogP contribution in [0.2, 0.25) is 0 Å². The van der Waals surface area contributed by atoms with Gasteiger partial charge in [0.05, 0.1) is 13.2 Å². The lowest BCUT2D eigenvalue weighted by Gasteiger charge is -2.24. The van der Waals surface area contributed by atoms with E-state index in [0.717, 1.165) is 51.5 Å². The van der Waals surface area contributed by atoms with Gasteiger partial charge >= 0.3 is 12.1 Å². The van der Waals surface area contributed by atoms with Crippen LogP contribution in [0.4, 0.5) is 4.79 Å². The molecule has 0 bridgehead atoms. The Hall–Kier alpha value is -1.30. The zero-order valence-electron chi connectivity index (χ0n) is 29.4. The standard InChI is InChI=1S/C37H73NO5/c1-6-9-12-15-18-20-26-34(27-21-19-16-13-10-7-2)33-35(43-37(40)42-32-25-30-38(4)5)28-23-24-31-41-36(39)29-22-17-14-11-8-3/h34-35H,6-33H2,1-5H3. The van der Waals surface area contributed by atoms with Gasteiger partial charge in [0.15, 0.2) is 0 Å². The third-order valence-electron chi connectivity index (χ3n) is 8.43. The fourth-order valence-electron chi connectivity index (χ4n) is 5.71. The van der Waals surface area contributed by atoms with Gasteiger partial charge in [0.2, 0.25) is 0 Å². The Morgan fingerprint density at radius 3 is 1.60 bits per heavy atom. The lowest BCUT2D eigenvalue weighted by Crippen LogP contribution is -2.24. The van der Waals surface area contributed by atoms with Crippen molar-refractivity contribution in [3.8, 4) is 0 Å². The predicted molar refractivity (Wildman–Crippen MR) is 182 cm³/mol. The molecule has 0 aliphatic rings. The molecule has 0 saturated heterocycles. The molecule has 0 amide bonds. The molecule has 0 fully saturated rings. The number of nitrogens with zero attached hydrogens (tertiary/aromatic N) is 1. The summed E-state index contributed by atoms with van der Waals surface area (Å²) in [7, 11) is 4.04. The highest BCUT2D eigenvalue weighted by molar-refractivity contribution is 5.69. The molecule has 0 heterocycles. The number of carbonyl (C=O) groups is 2. The van der Waals surface area contributed by atoms with Gasteiger partial charge in [-0.3, -0.25) is 4.79 Å². The minimum absolute atomic E-state index is 0.0801. The predicted octanol–water partition coefficient (Wildman–Crippen LogP) is 11.0. The molecule has 1 unspecified atom stereocenters. The molecule has 0 saturated carbocycles. The lowest BCUT2D eigenvalue weighted by molar-refractivity contribution is -0.143. The zero-order valence-corrected chi connectivity index (χ0v) is 29.4. The summed E-state index contributed by atoms with van der Waals surface area (Å²) in [6.07, 6.45) is 27.8. The number of carbonyl (C=O) groups excluding carboxylic acids is 2. The molecule has 0 radical (unpaired) electrons. The van der Waals surface area contributed by atoms with Crippen molar-refractivity contribution < 1.29 is 23.8 Å². The van der Waals surface area contributed by atoms with E-state index >= 15 is 0 Å². The van der Waals surface area contributed by atoms with Crippen LogP contribution in [0.1, 0.15) is 181 Å². The maximum atomic E-state index is 12.6. The summed E-state index contributed by atoms with van der Waals surface area (Å²) in [4.78, 5) is 26.8. The average Bonchev–Trinajstić information content (AvgIpc) is 2.98. The van der Waals surface area contributed by atoms with E-state index in [1.165, 1.54) is 109 Å². The second-order valence-corrected chi connectivity index (χ2v) is 13.1. The molecule has 0 aromatic carbocycles. The van der Waals surface area contributed by atoms with Crippen LogP contribution >= 0.6 is 0 Å². The summed E-state index contributed by atoms with van der Waals surface area (Å²) in [6, 6.07) is 0. The molecule has 6 heteroatoms. The number of hydrogen-bond acceptors (Lipinski definition) is 6. The number of esters is 1. The quantitative estimate of drug-likeness (QED) is 0.0557. The van der Waals surface area contributed by atoms with E-state index in [4.69, 9.17) is 14.2 Å². The first-order valence-corrected chi connectivity index (χ1v) is 18.6. The molecule has 43 heavy (non-hydrogen) atoms. The number of rotatable bonds is 32. The summed E-state index contributed by atoms with van der Waals surface area (Å²) in [5.74, 6) is 0.498. The molecule has 0 N–H and O–H groups in total. The van der Waals surface area contributed by atoms with Crippen LogP contribution in [0.25, 0.3) is 0 Å². The van der Waals surface area contributed by atoms with Gasteiger partial charge in [-0.2, -0.15) is 0 Å². The van der Waals surface area contributed by atoms with Gasteiger partial charge in [0, 0.05) is 13.0 Å². The molecule has 0 spiro atoms. The van der Waals surface area contributed by atoms with E-state index in [1.807, 2.05) is 14.1 Å². The van der Waals surface area contributed by atoms with Gasteiger partial charge < -0.3 is 19.1 Å². The summed E-state index contributed by atoms with van der Waals surface area (Å²) < 4.78 is 16.9. The molecule has 0 aromatic heterocycles. The molecule has 1 atom stereocenters. The second kappa shape index (κ2) is 32.1. The van der Waals surface area contributed by atoms with Crippen molar-refractivity contribution in [2.45, 2.75) is 187 Å². The van der Waals surface area contributed by atoms with Crippen LogP contribution in [-0.4, -0.2) is 57.0 Å². The Morgan fingerprint density at radius 2 is 1.05 bits per heavy atom. The van der Waals surface area contributed by atoms with E-state index in [2.05, 4.69) is 25.7 Å². The van der Waals surface area contributed by atoms with Gasteiger partial charge in [-0.15, -0.1) is 0 Å². The van der Waals surface area contributed by atoms with Crippen LogP contribution in [0.5, 0.6) is 0 Å². The van der Waals surface area contributed by atoms with E-state index in [1.54, 1.807) is 0 Å². The van der Waals surface area contributed by atoms with Gasteiger partial charge in [-0.25, -0.2) is 4.79 Å². The van der Waals surface area contributed by atoms with Crippen LogP contribution < -0.4 is 0 Å². The molecule has 0 rings (SSSR count). The van der Waals surface area contributed by atoms with E-state index < -0.39 is 6.16 Å². The average molecular weight is 612 g/mol. The molecule has 0 aliphatic carbocycles. The first-order valence-electron chi connectivity index (χ1n) is 18.6. The minimum atomic E-state index is -0.531. The molecule has 256 valence electrons. The summed E-state index contributed by atoms with van der Waals surface area (Å²) in [5.41, 5.74) is 0. The fourth-order valence-corrected chi connectivity index (χ4v) is 5.71. The number of unbranched alkanes of at least 4 members (excludes halogenated alkanes) is 15. The maximum absolute atomic E-state index is 12.6. The van der Waals surface area contributed by atoms with Gasteiger partial charge in [0.25, 0.3) is 0 Å². The Kier molecular flexibility index (Phi) is 31.1. The summed E-state index contributed by atoms with van der Waals surface area (Å²) in [6.45, 7) is 8.45. The monoisotopic (exact) mass is 612 g/mol. The first-order chi connectivity index (χ1) is 20.9. The topological polar surface area (TPSA) is 65.1 Å². The molecule has 0 aromatic rings. The molecular formula is C37H73NO5. The van der Waals surface area contributed by atoms with Crippen molar-refractivity contribution in [2.24, 2.45) is 5.92 Å². The van der Waals surface area contributed by atoms with E-state index in [9.17, 15) is 9.59 Å². The Bertz CT molecular complexity index is 596. The number of hydrogen-bond donors (Lipinski definition) is 0. The van der Waals surface area contributed by atoms with Crippen molar-refractivity contribution in [1.29, 1.82) is 0 Å². The normalized spacial score (nSPS) is 12.2. The first kappa shape index (κ1) is 41.7. The summed E-state index contributed by atoms with van der Waals surface area (Å²) in [5, 5.41) is 0. The Balaban J connectivity index is 4.86. The summed E-state index contributed by atoms with van der Waals surface area (Å²) >= 11 is 0. The highest BCUT2D eigenvalue weighted by Crippen LogP contribution is 2.26. The smallest absolute Gasteiger partial charge is 0.466 e. The van der Waals surface area contributed by atoms with E-state index in [0.29, 0.717) is 25.6 Å². The van der Waals surface area contributed by atoms with Crippen LogP contribution in [0.3, 0.4) is 0 Å². The number of ether oxygens (including phenoxy) is 3. The highest BCUT2D eigenvalue weighted by Gasteiger charge is 2.21. The largest absolute Gasteiger partial charge is 0.508 e. The SMILES string of the molecule is CCCCCCCCC(CCCCCCCC)CC(CCCCOC(=O)CCCCCCC)OC(=O)OCCCN(C)C. The van der Waals surface area contributed by atoms with Crippen LogP contribution in [0, 0.1) is 5.92 Å². The van der Waals surface area contributed by atoms with Crippen molar-refractivity contribution in [2.75, 3.05) is 33.9 Å². The van der Waals surface area contributed by atoms with Crippen molar-refractivity contribution >= 4 is 12.1 Å². The van der Waals surface area contributed by atoms with Gasteiger partial charge in [-0.1, -0.05) is 136 Å². The van der Waals surface area contributed by atoms with Crippen molar-refractivity contribution in [3.63, 3.8) is 0 Å². The zero-order chi connectivity index (χ0) is 31.8. The third-order valence-corrected chi connectivity index (χ3v) is 8.43. The van der Waals surface area contributed by atoms with Crippen molar-refractivity contribution in [3.05, 3.63) is 0 Å². The van der Waals surface area contributed by atoms with Crippen molar-refractivity contribution in [1.82, 2.24) is 4.90 Å². The lowest BCUT2D eigenvalue weighted by atomic mass is 9.88. The van der Waals surface area contributed by atoms with Crippen LogP contribution in [-0.2, 0) is 19.0 Å². The van der Waals surface area contributed by atoms with Crippen LogP contribution in [0.15, 0.2) is 0 Å². The maximum Gasteiger partial charge on any atom is 0.508 e. The minimum Gasteiger partial charge on any atom is -0.466 e. The van der Waals surface area contributed by atoms with Gasteiger partial charge in [-0.05, 0) is 58.5 Å². The molecular weight excluding hydrogens is 538 g/mol.